The second-order valence-electron chi connectivity index (χ2n) is 4.80. The molecule has 0 spiro atoms. The number of para-hydroxylation sites is 1. The highest BCUT2D eigenvalue weighted by molar-refractivity contribution is 6.39. The molecule has 4 heteroatoms. The first-order valence-electron chi connectivity index (χ1n) is 7.10. The van der Waals surface area contributed by atoms with E-state index in [-0.39, 0.29) is 0 Å². The average Bonchev–Trinajstić information content (AvgIpc) is 2.48. The second-order valence-corrected chi connectivity index (χ2v) is 5.61. The summed E-state index contributed by atoms with van der Waals surface area (Å²) in [5.74, 6) is 0.906. The Balaban J connectivity index is 1.92. The van der Waals surface area contributed by atoms with Gasteiger partial charge in [0.25, 0.3) is 0 Å². The maximum Gasteiger partial charge on any atom is 0.119 e. The Kier molecular flexibility index (Phi) is 6.21. The first kappa shape index (κ1) is 16.0. The number of benzene rings is 2. The number of ether oxygens (including phenoxy) is 1. The van der Waals surface area contributed by atoms with Crippen LogP contribution < -0.4 is 10.1 Å². The van der Waals surface area contributed by atoms with Crippen molar-refractivity contribution in [2.24, 2.45) is 0 Å². The standard InChI is InChI=1S/C17H19Cl2NO/c1-2-3-11-21-14-9-7-13(8-10-14)12-20-17-15(18)5-4-6-16(17)19/h4-10,20H,2-3,11-12H2,1H3. The van der Waals surface area contributed by atoms with Crippen LogP contribution in [0.25, 0.3) is 0 Å². The van der Waals surface area contributed by atoms with Crippen molar-refractivity contribution in [3.63, 3.8) is 0 Å². The number of anilines is 1. The molecule has 0 heterocycles. The van der Waals surface area contributed by atoms with Gasteiger partial charge in [-0.1, -0.05) is 54.7 Å². The fraction of sp³-hybridized carbons (Fsp3) is 0.294. The topological polar surface area (TPSA) is 21.3 Å². The van der Waals surface area contributed by atoms with Gasteiger partial charge >= 0.3 is 0 Å². The van der Waals surface area contributed by atoms with Gasteiger partial charge in [-0.3, -0.25) is 0 Å². The fourth-order valence-corrected chi connectivity index (χ4v) is 2.43. The third kappa shape index (κ3) is 4.83. The minimum Gasteiger partial charge on any atom is -0.494 e. The summed E-state index contributed by atoms with van der Waals surface area (Å²) < 4.78 is 5.64. The van der Waals surface area contributed by atoms with Crippen LogP contribution in [0, 0.1) is 0 Å². The lowest BCUT2D eigenvalue weighted by Gasteiger charge is -2.11. The molecule has 0 aliphatic rings. The maximum atomic E-state index is 6.12. The smallest absolute Gasteiger partial charge is 0.119 e. The summed E-state index contributed by atoms with van der Waals surface area (Å²) in [6.07, 6.45) is 2.22. The molecule has 0 fully saturated rings. The predicted octanol–water partition coefficient (Wildman–Crippen LogP) is 5.78. The Hall–Kier alpha value is -1.38. The summed E-state index contributed by atoms with van der Waals surface area (Å²) in [5, 5.41) is 4.52. The average molecular weight is 324 g/mol. The Bertz CT molecular complexity index is 549. The number of hydrogen-bond donors (Lipinski definition) is 1. The summed E-state index contributed by atoms with van der Waals surface area (Å²) in [7, 11) is 0. The Morgan fingerprint density at radius 1 is 1.00 bits per heavy atom. The van der Waals surface area contributed by atoms with E-state index in [1.807, 2.05) is 42.5 Å². The summed E-state index contributed by atoms with van der Waals surface area (Å²) in [6.45, 7) is 3.58. The van der Waals surface area contributed by atoms with Crippen molar-refractivity contribution in [3.05, 3.63) is 58.1 Å². The van der Waals surface area contributed by atoms with E-state index in [2.05, 4.69) is 12.2 Å². The van der Waals surface area contributed by atoms with Crippen molar-refractivity contribution >= 4 is 28.9 Å². The minimum absolute atomic E-state index is 0.627. The van der Waals surface area contributed by atoms with Crippen molar-refractivity contribution in [1.29, 1.82) is 0 Å². The molecule has 1 N–H and O–H groups in total. The molecule has 0 atom stereocenters. The van der Waals surface area contributed by atoms with Gasteiger partial charge < -0.3 is 10.1 Å². The van der Waals surface area contributed by atoms with Crippen LogP contribution in [0.1, 0.15) is 25.3 Å². The molecule has 2 rings (SSSR count). The fourth-order valence-electron chi connectivity index (χ4n) is 1.90. The minimum atomic E-state index is 0.627. The highest BCUT2D eigenvalue weighted by Gasteiger charge is 2.04. The van der Waals surface area contributed by atoms with Crippen LogP contribution in [0.3, 0.4) is 0 Å². The molecule has 0 radical (unpaired) electrons. The van der Waals surface area contributed by atoms with Gasteiger partial charge in [0, 0.05) is 6.54 Å². The van der Waals surface area contributed by atoms with Crippen molar-refractivity contribution in [2.45, 2.75) is 26.3 Å². The zero-order valence-corrected chi connectivity index (χ0v) is 13.5. The van der Waals surface area contributed by atoms with E-state index in [1.165, 1.54) is 0 Å². The van der Waals surface area contributed by atoms with E-state index < -0.39 is 0 Å². The van der Waals surface area contributed by atoms with Crippen LogP contribution in [0.5, 0.6) is 5.75 Å². The van der Waals surface area contributed by atoms with Gasteiger partial charge in [0.1, 0.15) is 5.75 Å². The van der Waals surface area contributed by atoms with Gasteiger partial charge in [-0.25, -0.2) is 0 Å². The van der Waals surface area contributed by atoms with Crippen LogP contribution in [0.15, 0.2) is 42.5 Å². The second kappa shape index (κ2) is 8.16. The van der Waals surface area contributed by atoms with Crippen LogP contribution in [-0.4, -0.2) is 6.61 Å². The molecule has 0 aromatic heterocycles. The van der Waals surface area contributed by atoms with Crippen molar-refractivity contribution in [2.75, 3.05) is 11.9 Å². The quantitative estimate of drug-likeness (QED) is 0.651. The molecular weight excluding hydrogens is 305 g/mol. The van der Waals surface area contributed by atoms with Crippen LogP contribution in [0.2, 0.25) is 10.0 Å². The van der Waals surface area contributed by atoms with Gasteiger partial charge in [0.15, 0.2) is 0 Å². The molecule has 0 aliphatic heterocycles. The van der Waals surface area contributed by atoms with Crippen molar-refractivity contribution in [1.82, 2.24) is 0 Å². The lowest BCUT2D eigenvalue weighted by atomic mass is 10.2. The Labute approximate surface area is 136 Å². The SMILES string of the molecule is CCCCOc1ccc(CNc2c(Cl)cccc2Cl)cc1. The van der Waals surface area contributed by atoms with Gasteiger partial charge in [-0.15, -0.1) is 0 Å². The van der Waals surface area contributed by atoms with Crippen molar-refractivity contribution < 1.29 is 4.74 Å². The number of hydrogen-bond acceptors (Lipinski definition) is 2. The number of rotatable bonds is 7. The number of halogens is 2. The third-order valence-electron chi connectivity index (χ3n) is 3.12. The monoisotopic (exact) mass is 323 g/mol. The largest absolute Gasteiger partial charge is 0.494 e. The third-order valence-corrected chi connectivity index (χ3v) is 3.75. The zero-order valence-electron chi connectivity index (χ0n) is 12.0. The molecular formula is C17H19Cl2NO. The van der Waals surface area contributed by atoms with E-state index in [1.54, 1.807) is 0 Å². The molecule has 2 aromatic rings. The molecule has 0 saturated heterocycles. The summed E-state index contributed by atoms with van der Waals surface area (Å²) in [6, 6.07) is 13.5. The van der Waals surface area contributed by atoms with E-state index in [0.29, 0.717) is 16.6 Å². The molecule has 2 nitrogen and oxygen atoms in total. The van der Waals surface area contributed by atoms with Gasteiger partial charge in [-0.2, -0.15) is 0 Å². The van der Waals surface area contributed by atoms with Gasteiger partial charge in [0.2, 0.25) is 0 Å². The number of nitrogens with one attached hydrogen (secondary N) is 1. The van der Waals surface area contributed by atoms with Crippen molar-refractivity contribution in [3.8, 4) is 5.75 Å². The van der Waals surface area contributed by atoms with Gasteiger partial charge in [-0.05, 0) is 36.2 Å². The van der Waals surface area contributed by atoms with E-state index in [9.17, 15) is 0 Å². The number of unbranched alkanes of at least 4 members (excludes halogenated alkanes) is 1. The highest BCUT2D eigenvalue weighted by Crippen LogP contribution is 2.30. The lowest BCUT2D eigenvalue weighted by molar-refractivity contribution is 0.309. The van der Waals surface area contributed by atoms with E-state index in [4.69, 9.17) is 27.9 Å². The zero-order chi connectivity index (χ0) is 15.1. The first-order valence-corrected chi connectivity index (χ1v) is 7.86. The maximum absolute atomic E-state index is 6.12. The predicted molar refractivity (Wildman–Crippen MR) is 90.6 cm³/mol. The molecule has 0 saturated carbocycles. The normalized spacial score (nSPS) is 10.4. The van der Waals surface area contributed by atoms with E-state index >= 15 is 0 Å². The van der Waals surface area contributed by atoms with Crippen LogP contribution >= 0.6 is 23.2 Å². The molecule has 21 heavy (non-hydrogen) atoms. The lowest BCUT2D eigenvalue weighted by Crippen LogP contribution is -2.01. The first-order chi connectivity index (χ1) is 10.2. The molecule has 112 valence electrons. The Morgan fingerprint density at radius 2 is 1.67 bits per heavy atom. The molecule has 0 bridgehead atoms. The summed E-state index contributed by atoms with van der Waals surface area (Å²) >= 11 is 12.2. The molecule has 0 unspecified atom stereocenters. The van der Waals surface area contributed by atoms with E-state index in [0.717, 1.165) is 36.4 Å². The van der Waals surface area contributed by atoms with Crippen LogP contribution in [-0.2, 0) is 6.54 Å². The molecule has 0 amide bonds. The Morgan fingerprint density at radius 3 is 2.29 bits per heavy atom. The van der Waals surface area contributed by atoms with Crippen LogP contribution in [0.4, 0.5) is 5.69 Å². The van der Waals surface area contributed by atoms with Gasteiger partial charge in [0.05, 0.1) is 22.3 Å². The molecule has 0 aliphatic carbocycles. The highest BCUT2D eigenvalue weighted by atomic mass is 35.5. The summed E-state index contributed by atoms with van der Waals surface area (Å²) in [5.41, 5.74) is 1.91. The summed E-state index contributed by atoms with van der Waals surface area (Å²) in [4.78, 5) is 0. The molecule has 2 aromatic carbocycles.